The molecule has 0 unspecified atom stereocenters. The highest BCUT2D eigenvalue weighted by molar-refractivity contribution is 6.07. The summed E-state index contributed by atoms with van der Waals surface area (Å²) >= 11 is 0. The van der Waals surface area contributed by atoms with Crippen LogP contribution in [0.3, 0.4) is 0 Å². The van der Waals surface area contributed by atoms with Crippen molar-refractivity contribution in [2.24, 2.45) is 5.73 Å². The van der Waals surface area contributed by atoms with E-state index in [0.29, 0.717) is 22.5 Å². The van der Waals surface area contributed by atoms with Gasteiger partial charge in [0.05, 0.1) is 0 Å². The first-order valence-corrected chi connectivity index (χ1v) is 10.0. The molecule has 2 heterocycles. The zero-order chi connectivity index (χ0) is 23.5. The van der Waals surface area contributed by atoms with Crippen LogP contribution in [0.25, 0.3) is 27.5 Å². The maximum atomic E-state index is 14.9. The first-order valence-electron chi connectivity index (χ1n) is 10.0. The van der Waals surface area contributed by atoms with Gasteiger partial charge in [-0.15, -0.1) is 0 Å². The molecule has 164 valence electrons. The number of allylic oxidation sites excluding steroid dienone is 1. The van der Waals surface area contributed by atoms with Crippen molar-refractivity contribution >= 4 is 39.7 Å². The third kappa shape index (κ3) is 4.54. The topological polar surface area (TPSA) is 124 Å². The number of carbonyl (C=O) groups is 2. The Balaban J connectivity index is 1.54. The fourth-order valence-electron chi connectivity index (χ4n) is 3.40. The summed E-state index contributed by atoms with van der Waals surface area (Å²) in [5, 5.41) is 4.12. The Kier molecular flexibility index (Phi) is 5.82. The largest absolute Gasteiger partial charge is 0.383 e. The van der Waals surface area contributed by atoms with E-state index in [1.165, 1.54) is 13.1 Å². The molecule has 0 atom stereocenters. The van der Waals surface area contributed by atoms with E-state index in [1.807, 2.05) is 6.07 Å². The van der Waals surface area contributed by atoms with Crippen molar-refractivity contribution in [2.75, 3.05) is 11.1 Å². The van der Waals surface area contributed by atoms with Crippen LogP contribution in [0.2, 0.25) is 0 Å². The Hall–Kier alpha value is -4.59. The Bertz CT molecular complexity index is 1410. The van der Waals surface area contributed by atoms with Gasteiger partial charge in [0, 0.05) is 23.5 Å². The number of nitrogens with zero attached hydrogens (tertiary/aromatic N) is 2. The van der Waals surface area contributed by atoms with Crippen LogP contribution < -0.4 is 16.8 Å². The van der Waals surface area contributed by atoms with Gasteiger partial charge >= 0.3 is 0 Å². The van der Waals surface area contributed by atoms with Gasteiger partial charge in [0.25, 0.3) is 11.8 Å². The van der Waals surface area contributed by atoms with Gasteiger partial charge in [0.2, 0.25) is 0 Å². The Morgan fingerprint density at radius 1 is 0.909 bits per heavy atom. The van der Waals surface area contributed by atoms with Crippen LogP contribution in [0.1, 0.15) is 23.0 Å². The van der Waals surface area contributed by atoms with Crippen LogP contribution in [-0.2, 0) is 4.79 Å². The number of nitrogens with one attached hydrogen (secondary N) is 1. The molecule has 7 nitrogen and oxygen atoms in total. The summed E-state index contributed by atoms with van der Waals surface area (Å²) < 4.78 is 14.9. The van der Waals surface area contributed by atoms with Crippen molar-refractivity contribution in [1.82, 2.24) is 9.97 Å². The number of rotatable bonds is 5. The van der Waals surface area contributed by atoms with Gasteiger partial charge in [-0.1, -0.05) is 24.3 Å². The number of hydrogen-bond acceptors (Lipinski definition) is 5. The summed E-state index contributed by atoms with van der Waals surface area (Å²) in [4.78, 5) is 31.8. The summed E-state index contributed by atoms with van der Waals surface area (Å²) in [6.45, 7) is 1.53. The molecule has 0 aliphatic rings. The highest BCUT2D eigenvalue weighted by Crippen LogP contribution is 2.27. The molecule has 2 amide bonds. The van der Waals surface area contributed by atoms with Crippen LogP contribution in [0.4, 0.5) is 15.9 Å². The monoisotopic (exact) mass is 441 g/mol. The number of fused-ring (bicyclic) bond motifs is 1. The maximum absolute atomic E-state index is 14.9. The SMILES string of the molecule is C/C(=C(\F)C(=O)Nc1ccc(-c2ccnc(C(N)=O)c2)cc1)c1ccc2ccnc(N)c2c1. The van der Waals surface area contributed by atoms with Crippen LogP contribution in [0.5, 0.6) is 0 Å². The van der Waals surface area contributed by atoms with Crippen LogP contribution in [-0.4, -0.2) is 21.8 Å². The molecular weight excluding hydrogens is 421 g/mol. The van der Waals surface area contributed by atoms with Crippen molar-refractivity contribution < 1.29 is 14.0 Å². The molecule has 0 saturated heterocycles. The van der Waals surface area contributed by atoms with Crippen molar-refractivity contribution in [2.45, 2.75) is 6.92 Å². The predicted molar refractivity (Wildman–Crippen MR) is 127 cm³/mol. The fraction of sp³-hybridized carbons (Fsp3) is 0.0400. The molecule has 2 aromatic carbocycles. The Morgan fingerprint density at radius 3 is 2.36 bits per heavy atom. The van der Waals surface area contributed by atoms with Crippen molar-refractivity contribution in [3.63, 3.8) is 0 Å². The number of amides is 2. The number of hydrogen-bond donors (Lipinski definition) is 3. The molecule has 0 radical (unpaired) electrons. The molecule has 8 heteroatoms. The molecule has 4 rings (SSSR count). The number of pyridine rings is 2. The number of anilines is 2. The number of nitrogen functional groups attached to an aromatic ring is 1. The average molecular weight is 441 g/mol. The smallest absolute Gasteiger partial charge is 0.284 e. The van der Waals surface area contributed by atoms with Gasteiger partial charge in [-0.25, -0.2) is 9.37 Å². The van der Waals surface area contributed by atoms with Crippen molar-refractivity contribution in [1.29, 1.82) is 0 Å². The lowest BCUT2D eigenvalue weighted by atomic mass is 10.0. The van der Waals surface area contributed by atoms with Gasteiger partial charge in [-0.2, -0.15) is 0 Å². The van der Waals surface area contributed by atoms with E-state index in [9.17, 15) is 14.0 Å². The molecule has 0 aliphatic heterocycles. The van der Waals surface area contributed by atoms with Crippen molar-refractivity contribution in [3.8, 4) is 11.1 Å². The number of halogens is 1. The van der Waals surface area contributed by atoms with E-state index in [-0.39, 0.29) is 11.3 Å². The van der Waals surface area contributed by atoms with E-state index in [0.717, 1.165) is 16.5 Å². The number of nitrogens with two attached hydrogens (primary N) is 2. The van der Waals surface area contributed by atoms with Crippen molar-refractivity contribution in [3.05, 3.63) is 90.1 Å². The zero-order valence-corrected chi connectivity index (χ0v) is 17.7. The van der Waals surface area contributed by atoms with E-state index in [4.69, 9.17) is 11.5 Å². The molecule has 0 fully saturated rings. The molecule has 0 spiro atoms. The molecule has 0 bridgehead atoms. The lowest BCUT2D eigenvalue weighted by Crippen LogP contribution is -2.13. The Morgan fingerprint density at radius 2 is 1.64 bits per heavy atom. The first-order chi connectivity index (χ1) is 15.8. The number of carbonyl (C=O) groups excluding carboxylic acids is 2. The minimum absolute atomic E-state index is 0.152. The lowest BCUT2D eigenvalue weighted by molar-refractivity contribution is -0.114. The number of aromatic nitrogens is 2. The fourth-order valence-corrected chi connectivity index (χ4v) is 3.40. The number of primary amides is 1. The van der Waals surface area contributed by atoms with Gasteiger partial charge in [0.1, 0.15) is 11.5 Å². The van der Waals surface area contributed by atoms with Gasteiger partial charge in [0.15, 0.2) is 5.83 Å². The van der Waals surface area contributed by atoms with E-state index < -0.39 is 17.6 Å². The van der Waals surface area contributed by atoms with Gasteiger partial charge < -0.3 is 16.8 Å². The maximum Gasteiger partial charge on any atom is 0.284 e. The van der Waals surface area contributed by atoms with E-state index >= 15 is 0 Å². The summed E-state index contributed by atoms with van der Waals surface area (Å²) in [7, 11) is 0. The molecular formula is C25H20FN5O2. The van der Waals surface area contributed by atoms with Gasteiger partial charge in [-0.05, 0) is 71.0 Å². The van der Waals surface area contributed by atoms with Crippen LogP contribution in [0.15, 0.2) is 78.9 Å². The zero-order valence-electron chi connectivity index (χ0n) is 17.7. The lowest BCUT2D eigenvalue weighted by Gasteiger charge is -2.09. The standard InChI is InChI=1S/C25H20FN5O2/c1-14(17-3-2-16-8-11-30-23(27)20(16)12-17)22(26)25(33)31-19-6-4-15(5-7-19)18-9-10-29-21(13-18)24(28)32/h2-13H,1H3,(H2,27,30)(H2,28,32)(H,31,33)/b22-14+. The molecule has 5 N–H and O–H groups in total. The predicted octanol–water partition coefficient (Wildman–Crippen LogP) is 4.32. The molecule has 2 aromatic heterocycles. The summed E-state index contributed by atoms with van der Waals surface area (Å²) in [6.07, 6.45) is 3.09. The van der Waals surface area contributed by atoms with Gasteiger partial charge in [-0.3, -0.25) is 14.6 Å². The first kappa shape index (κ1) is 21.6. The van der Waals surface area contributed by atoms with Crippen LogP contribution >= 0.6 is 0 Å². The summed E-state index contributed by atoms with van der Waals surface area (Å²) in [6, 6.07) is 17.1. The second-order valence-corrected chi connectivity index (χ2v) is 7.40. The average Bonchev–Trinajstić information content (AvgIpc) is 2.83. The second kappa shape index (κ2) is 8.88. The number of benzene rings is 2. The highest BCUT2D eigenvalue weighted by Gasteiger charge is 2.15. The minimum atomic E-state index is -0.902. The summed E-state index contributed by atoms with van der Waals surface area (Å²) in [5.74, 6) is -2.05. The van der Waals surface area contributed by atoms with E-state index in [1.54, 1.807) is 60.8 Å². The molecule has 4 aromatic rings. The normalized spacial score (nSPS) is 11.7. The second-order valence-electron chi connectivity index (χ2n) is 7.40. The molecule has 0 saturated carbocycles. The Labute approximate surface area is 189 Å². The third-order valence-corrected chi connectivity index (χ3v) is 5.25. The highest BCUT2D eigenvalue weighted by atomic mass is 19.1. The van der Waals surface area contributed by atoms with Crippen LogP contribution in [0, 0.1) is 0 Å². The third-order valence-electron chi connectivity index (χ3n) is 5.25. The molecule has 0 aliphatic carbocycles. The quantitative estimate of drug-likeness (QED) is 0.398. The summed E-state index contributed by atoms with van der Waals surface area (Å²) in [5.41, 5.74) is 14.0. The van der Waals surface area contributed by atoms with E-state index in [2.05, 4.69) is 15.3 Å². The molecule has 33 heavy (non-hydrogen) atoms. The minimum Gasteiger partial charge on any atom is -0.383 e.